The van der Waals surface area contributed by atoms with Gasteiger partial charge < -0.3 is 0 Å². The van der Waals surface area contributed by atoms with Gasteiger partial charge in [0.2, 0.25) is 0 Å². The van der Waals surface area contributed by atoms with Crippen LogP contribution in [0.25, 0.3) is 22.5 Å². The van der Waals surface area contributed by atoms with Crippen molar-refractivity contribution >= 4 is 0 Å². The highest BCUT2D eigenvalue weighted by Gasteiger charge is 2.13. The van der Waals surface area contributed by atoms with Crippen LogP contribution in [0.4, 0.5) is 4.39 Å². The number of aromatic amines is 1. The van der Waals surface area contributed by atoms with Crippen molar-refractivity contribution in [3.05, 3.63) is 59.7 Å². The lowest BCUT2D eigenvalue weighted by Crippen LogP contribution is -1.90. The van der Waals surface area contributed by atoms with Gasteiger partial charge in [-0.2, -0.15) is 10.4 Å². The van der Waals surface area contributed by atoms with Crippen LogP contribution in [0.2, 0.25) is 0 Å². The Labute approximate surface area is 120 Å². The summed E-state index contributed by atoms with van der Waals surface area (Å²) in [4.78, 5) is 4.44. The zero-order valence-corrected chi connectivity index (χ0v) is 11.3. The maximum absolute atomic E-state index is 13.4. The van der Waals surface area contributed by atoms with Crippen LogP contribution < -0.4 is 0 Å². The maximum atomic E-state index is 13.4. The van der Waals surface area contributed by atoms with Gasteiger partial charge in [-0.05, 0) is 36.8 Å². The minimum Gasteiger partial charge on any atom is -0.284 e. The van der Waals surface area contributed by atoms with Crippen LogP contribution in [-0.2, 0) is 0 Å². The number of nitrogens with one attached hydrogen (secondary N) is 1. The molecule has 0 amide bonds. The zero-order valence-electron chi connectivity index (χ0n) is 11.3. The highest BCUT2D eigenvalue weighted by atomic mass is 19.1. The second-order valence-electron chi connectivity index (χ2n) is 4.62. The molecule has 1 aromatic carbocycles. The first kappa shape index (κ1) is 13.0. The van der Waals surface area contributed by atoms with Crippen LogP contribution in [0, 0.1) is 24.1 Å². The van der Waals surface area contributed by atoms with Gasteiger partial charge in [-0.25, -0.2) is 4.39 Å². The Bertz CT molecular complexity index is 845. The van der Waals surface area contributed by atoms with Gasteiger partial charge in [0.25, 0.3) is 0 Å². The Balaban J connectivity index is 2.14. The fourth-order valence-electron chi connectivity index (χ4n) is 2.16. The van der Waals surface area contributed by atoms with E-state index in [1.165, 1.54) is 12.1 Å². The SMILES string of the molecule is Cc1cccc(-c2n[nH]cc2-c2ccc(F)c(C#N)c2)n1. The van der Waals surface area contributed by atoms with E-state index in [-0.39, 0.29) is 5.56 Å². The summed E-state index contributed by atoms with van der Waals surface area (Å²) in [5.41, 5.74) is 3.81. The molecule has 0 radical (unpaired) electrons. The van der Waals surface area contributed by atoms with Crippen molar-refractivity contribution in [1.82, 2.24) is 15.2 Å². The predicted octanol–water partition coefficient (Wildman–Crippen LogP) is 3.46. The monoisotopic (exact) mass is 278 g/mol. The van der Waals surface area contributed by atoms with E-state index in [1.54, 1.807) is 12.3 Å². The summed E-state index contributed by atoms with van der Waals surface area (Å²) in [5.74, 6) is -0.528. The lowest BCUT2D eigenvalue weighted by Gasteiger charge is -2.04. The fraction of sp³-hybridized carbons (Fsp3) is 0.0625. The molecule has 2 aromatic heterocycles. The second-order valence-corrected chi connectivity index (χ2v) is 4.62. The number of aryl methyl sites for hydroxylation is 1. The van der Waals surface area contributed by atoms with Crippen molar-refractivity contribution in [1.29, 1.82) is 5.26 Å². The van der Waals surface area contributed by atoms with Crippen LogP contribution in [0.5, 0.6) is 0 Å². The smallest absolute Gasteiger partial charge is 0.140 e. The topological polar surface area (TPSA) is 65.4 Å². The summed E-state index contributed by atoms with van der Waals surface area (Å²) in [6.07, 6.45) is 1.72. The van der Waals surface area contributed by atoms with E-state index in [0.717, 1.165) is 22.5 Å². The summed E-state index contributed by atoms with van der Waals surface area (Å²) in [5, 5.41) is 16.0. The molecule has 0 spiro atoms. The molecule has 0 fully saturated rings. The fourth-order valence-corrected chi connectivity index (χ4v) is 2.16. The van der Waals surface area contributed by atoms with Gasteiger partial charge in [0.15, 0.2) is 0 Å². The minimum atomic E-state index is -0.528. The number of halogens is 1. The predicted molar refractivity (Wildman–Crippen MR) is 76.7 cm³/mol. The third-order valence-electron chi connectivity index (χ3n) is 3.17. The first-order valence-corrected chi connectivity index (χ1v) is 6.37. The van der Waals surface area contributed by atoms with Crippen LogP contribution in [-0.4, -0.2) is 15.2 Å². The normalized spacial score (nSPS) is 10.3. The molecule has 0 bridgehead atoms. The van der Waals surface area contributed by atoms with Crippen molar-refractivity contribution in [2.75, 3.05) is 0 Å². The largest absolute Gasteiger partial charge is 0.284 e. The van der Waals surface area contributed by atoms with Crippen molar-refractivity contribution in [2.24, 2.45) is 0 Å². The lowest BCUT2D eigenvalue weighted by molar-refractivity contribution is 0.624. The van der Waals surface area contributed by atoms with E-state index in [1.807, 2.05) is 31.2 Å². The molecule has 0 aliphatic heterocycles. The Morgan fingerprint density at radius 2 is 2.10 bits per heavy atom. The number of benzene rings is 1. The van der Waals surface area contributed by atoms with Gasteiger partial charge in [0.1, 0.15) is 17.6 Å². The van der Waals surface area contributed by atoms with Gasteiger partial charge in [0, 0.05) is 17.5 Å². The third-order valence-corrected chi connectivity index (χ3v) is 3.17. The number of nitriles is 1. The average molecular weight is 278 g/mol. The average Bonchev–Trinajstić information content (AvgIpc) is 2.97. The number of rotatable bonds is 2. The van der Waals surface area contributed by atoms with Gasteiger partial charge in [-0.3, -0.25) is 10.1 Å². The number of pyridine rings is 1. The zero-order chi connectivity index (χ0) is 14.8. The molecule has 3 rings (SSSR count). The van der Waals surface area contributed by atoms with E-state index >= 15 is 0 Å². The summed E-state index contributed by atoms with van der Waals surface area (Å²) >= 11 is 0. The Kier molecular flexibility index (Phi) is 3.20. The number of aromatic nitrogens is 3. The molecule has 5 heteroatoms. The van der Waals surface area contributed by atoms with Crippen LogP contribution in [0.3, 0.4) is 0 Å². The van der Waals surface area contributed by atoms with Gasteiger partial charge in [0.05, 0.1) is 11.3 Å². The van der Waals surface area contributed by atoms with Crippen molar-refractivity contribution in [3.8, 4) is 28.6 Å². The van der Waals surface area contributed by atoms with Crippen molar-refractivity contribution in [3.63, 3.8) is 0 Å². The molecule has 0 unspecified atom stereocenters. The Hall–Kier alpha value is -3.00. The van der Waals surface area contributed by atoms with Crippen molar-refractivity contribution < 1.29 is 4.39 Å². The summed E-state index contributed by atoms with van der Waals surface area (Å²) in [7, 11) is 0. The quantitative estimate of drug-likeness (QED) is 0.780. The van der Waals surface area contributed by atoms with E-state index in [9.17, 15) is 4.39 Å². The first-order valence-electron chi connectivity index (χ1n) is 6.37. The number of nitrogens with zero attached hydrogens (tertiary/aromatic N) is 3. The molecular formula is C16H11FN4. The van der Waals surface area contributed by atoms with Gasteiger partial charge >= 0.3 is 0 Å². The molecule has 1 N–H and O–H groups in total. The molecule has 0 aliphatic carbocycles. The van der Waals surface area contributed by atoms with Gasteiger partial charge in [-0.1, -0.05) is 12.1 Å². The molecule has 2 heterocycles. The van der Waals surface area contributed by atoms with Gasteiger partial charge in [-0.15, -0.1) is 0 Å². The molecule has 0 saturated heterocycles. The molecule has 0 aliphatic rings. The molecule has 0 atom stereocenters. The highest BCUT2D eigenvalue weighted by molar-refractivity contribution is 5.79. The van der Waals surface area contributed by atoms with E-state index in [2.05, 4.69) is 15.2 Å². The molecular weight excluding hydrogens is 267 g/mol. The van der Waals surface area contributed by atoms with E-state index in [4.69, 9.17) is 5.26 Å². The lowest BCUT2D eigenvalue weighted by atomic mass is 10.0. The molecule has 102 valence electrons. The van der Waals surface area contributed by atoms with Crippen LogP contribution in [0.1, 0.15) is 11.3 Å². The maximum Gasteiger partial charge on any atom is 0.140 e. The first-order chi connectivity index (χ1) is 10.2. The Morgan fingerprint density at radius 1 is 1.24 bits per heavy atom. The summed E-state index contributed by atoms with van der Waals surface area (Å²) < 4.78 is 13.4. The number of H-pyrrole nitrogens is 1. The minimum absolute atomic E-state index is 0.0110. The second kappa shape index (κ2) is 5.17. The third kappa shape index (κ3) is 2.39. The van der Waals surface area contributed by atoms with E-state index in [0.29, 0.717) is 5.69 Å². The summed E-state index contributed by atoms with van der Waals surface area (Å²) in [6.45, 7) is 1.90. The molecule has 21 heavy (non-hydrogen) atoms. The molecule has 0 saturated carbocycles. The van der Waals surface area contributed by atoms with E-state index < -0.39 is 5.82 Å². The van der Waals surface area contributed by atoms with Crippen LogP contribution >= 0.6 is 0 Å². The number of hydrogen-bond acceptors (Lipinski definition) is 3. The number of hydrogen-bond donors (Lipinski definition) is 1. The molecule has 4 nitrogen and oxygen atoms in total. The summed E-state index contributed by atoms with van der Waals surface area (Å²) in [6, 6.07) is 11.9. The highest BCUT2D eigenvalue weighted by Crippen LogP contribution is 2.30. The Morgan fingerprint density at radius 3 is 2.86 bits per heavy atom. The molecule has 3 aromatic rings. The van der Waals surface area contributed by atoms with Crippen molar-refractivity contribution in [2.45, 2.75) is 6.92 Å². The van der Waals surface area contributed by atoms with Crippen LogP contribution in [0.15, 0.2) is 42.6 Å². The standard InChI is InChI=1S/C16H11FN4/c1-10-3-2-4-15(20-10)16-13(9-19-21-16)11-5-6-14(17)12(7-11)8-18/h2-7,9H,1H3,(H,19,21).